The summed E-state index contributed by atoms with van der Waals surface area (Å²) >= 11 is 0. The molecular formula is C14H27NO2. The molecule has 1 rings (SSSR count). The van der Waals surface area contributed by atoms with Crippen LogP contribution in [0.1, 0.15) is 40.0 Å². The lowest BCUT2D eigenvalue weighted by molar-refractivity contribution is -0.145. The Kier molecular flexibility index (Phi) is 5.96. The molecule has 1 saturated heterocycles. The maximum Gasteiger partial charge on any atom is 0.309 e. The van der Waals surface area contributed by atoms with E-state index in [1.807, 2.05) is 6.92 Å². The molecule has 0 aromatic carbocycles. The zero-order valence-electron chi connectivity index (χ0n) is 11.7. The van der Waals surface area contributed by atoms with Crippen molar-refractivity contribution >= 4 is 5.97 Å². The molecule has 0 aliphatic carbocycles. The molecule has 3 heteroatoms. The highest BCUT2D eigenvalue weighted by Crippen LogP contribution is 2.24. The third-order valence-electron chi connectivity index (χ3n) is 3.94. The molecule has 1 heterocycles. The van der Waals surface area contributed by atoms with E-state index in [1.54, 1.807) is 0 Å². The van der Waals surface area contributed by atoms with Crippen molar-refractivity contribution in [3.05, 3.63) is 0 Å². The fraction of sp³-hybridized carbons (Fsp3) is 0.929. The van der Waals surface area contributed by atoms with Crippen LogP contribution in [-0.2, 0) is 9.53 Å². The van der Waals surface area contributed by atoms with Gasteiger partial charge in [-0.15, -0.1) is 0 Å². The first-order chi connectivity index (χ1) is 8.04. The van der Waals surface area contributed by atoms with E-state index in [2.05, 4.69) is 18.7 Å². The first kappa shape index (κ1) is 14.5. The van der Waals surface area contributed by atoms with E-state index in [9.17, 15) is 4.79 Å². The Hall–Kier alpha value is -0.570. The van der Waals surface area contributed by atoms with Crippen LogP contribution in [0.25, 0.3) is 0 Å². The van der Waals surface area contributed by atoms with Crippen LogP contribution in [0.5, 0.6) is 0 Å². The van der Waals surface area contributed by atoms with Crippen LogP contribution in [0.2, 0.25) is 0 Å². The number of esters is 1. The maximum atomic E-state index is 11.4. The predicted octanol–water partition coefficient (Wildman–Crippen LogP) is 2.55. The van der Waals surface area contributed by atoms with Gasteiger partial charge in [-0.2, -0.15) is 0 Å². The monoisotopic (exact) mass is 241 g/mol. The van der Waals surface area contributed by atoms with E-state index >= 15 is 0 Å². The molecule has 0 amide bonds. The molecule has 0 spiro atoms. The minimum absolute atomic E-state index is 0.00407. The van der Waals surface area contributed by atoms with Gasteiger partial charge < -0.3 is 9.64 Å². The van der Waals surface area contributed by atoms with Gasteiger partial charge in [0.1, 0.15) is 0 Å². The largest absolute Gasteiger partial charge is 0.469 e. The van der Waals surface area contributed by atoms with Crippen LogP contribution in [0.15, 0.2) is 0 Å². The zero-order valence-corrected chi connectivity index (χ0v) is 11.7. The molecular weight excluding hydrogens is 214 g/mol. The summed E-state index contributed by atoms with van der Waals surface area (Å²) < 4.78 is 4.78. The van der Waals surface area contributed by atoms with Crippen molar-refractivity contribution < 1.29 is 9.53 Å². The number of carbonyl (C=O) groups is 1. The van der Waals surface area contributed by atoms with Crippen molar-refractivity contribution in [3.63, 3.8) is 0 Å². The summed E-state index contributed by atoms with van der Waals surface area (Å²) in [6.07, 6.45) is 3.86. The number of carbonyl (C=O) groups excluding carboxylic acids is 1. The highest BCUT2D eigenvalue weighted by molar-refractivity contribution is 5.72. The lowest BCUT2D eigenvalue weighted by Crippen LogP contribution is -2.33. The first-order valence-electron chi connectivity index (χ1n) is 6.84. The minimum Gasteiger partial charge on any atom is -0.469 e. The highest BCUT2D eigenvalue weighted by Gasteiger charge is 2.22. The smallest absolute Gasteiger partial charge is 0.309 e. The minimum atomic E-state index is -0.0883. The summed E-state index contributed by atoms with van der Waals surface area (Å²) in [5.41, 5.74) is 0. The van der Waals surface area contributed by atoms with Gasteiger partial charge in [0.25, 0.3) is 0 Å². The lowest BCUT2D eigenvalue weighted by atomic mass is 9.89. The van der Waals surface area contributed by atoms with E-state index in [1.165, 1.54) is 26.4 Å². The average Bonchev–Trinajstić information content (AvgIpc) is 2.53. The second kappa shape index (κ2) is 7.00. The standard InChI is InChI=1S/C14H27NO2/c1-11(2)13-6-5-8-15(9-7-13)10-12(3)14(16)17-4/h11-13H,5-10H2,1-4H3. The normalized spacial score (nSPS) is 24.4. The summed E-state index contributed by atoms with van der Waals surface area (Å²) in [5.74, 6) is 1.55. The van der Waals surface area contributed by atoms with Crippen molar-refractivity contribution in [2.75, 3.05) is 26.7 Å². The van der Waals surface area contributed by atoms with E-state index in [4.69, 9.17) is 4.74 Å². The van der Waals surface area contributed by atoms with Crippen molar-refractivity contribution in [2.24, 2.45) is 17.8 Å². The Morgan fingerprint density at radius 3 is 2.59 bits per heavy atom. The van der Waals surface area contributed by atoms with Gasteiger partial charge in [0, 0.05) is 6.54 Å². The molecule has 2 unspecified atom stereocenters. The molecule has 3 nitrogen and oxygen atoms in total. The number of hydrogen-bond donors (Lipinski definition) is 0. The predicted molar refractivity (Wildman–Crippen MR) is 69.8 cm³/mol. The molecule has 0 saturated carbocycles. The van der Waals surface area contributed by atoms with Gasteiger partial charge in [-0.25, -0.2) is 0 Å². The highest BCUT2D eigenvalue weighted by atomic mass is 16.5. The van der Waals surface area contributed by atoms with Crippen LogP contribution >= 0.6 is 0 Å². The van der Waals surface area contributed by atoms with E-state index in [0.717, 1.165) is 31.5 Å². The topological polar surface area (TPSA) is 29.5 Å². The van der Waals surface area contributed by atoms with Gasteiger partial charge in [-0.05, 0) is 44.2 Å². The van der Waals surface area contributed by atoms with Crippen LogP contribution < -0.4 is 0 Å². The fourth-order valence-electron chi connectivity index (χ4n) is 2.69. The molecule has 17 heavy (non-hydrogen) atoms. The molecule has 2 atom stereocenters. The molecule has 0 aromatic rings. The molecule has 100 valence electrons. The summed E-state index contributed by atoms with van der Waals surface area (Å²) in [4.78, 5) is 13.8. The Labute approximate surface area is 106 Å². The molecule has 0 radical (unpaired) electrons. The molecule has 0 N–H and O–H groups in total. The molecule has 1 aliphatic rings. The maximum absolute atomic E-state index is 11.4. The molecule has 1 fully saturated rings. The zero-order chi connectivity index (χ0) is 12.8. The SMILES string of the molecule is COC(=O)C(C)CN1CCCC(C(C)C)CC1. The number of ether oxygens (including phenoxy) is 1. The first-order valence-corrected chi connectivity index (χ1v) is 6.84. The second-order valence-electron chi connectivity index (χ2n) is 5.66. The van der Waals surface area contributed by atoms with Gasteiger partial charge in [-0.1, -0.05) is 20.8 Å². The number of hydrogen-bond acceptors (Lipinski definition) is 3. The average molecular weight is 241 g/mol. The summed E-state index contributed by atoms with van der Waals surface area (Å²) in [6, 6.07) is 0. The van der Waals surface area contributed by atoms with Crippen LogP contribution in [0.4, 0.5) is 0 Å². The summed E-state index contributed by atoms with van der Waals surface area (Å²) in [6.45, 7) is 9.69. The number of methoxy groups -OCH3 is 1. The third-order valence-corrected chi connectivity index (χ3v) is 3.94. The third kappa shape index (κ3) is 4.66. The lowest BCUT2D eigenvalue weighted by Gasteiger charge is -2.23. The van der Waals surface area contributed by atoms with Gasteiger partial charge >= 0.3 is 5.97 Å². The Morgan fingerprint density at radius 2 is 2.00 bits per heavy atom. The van der Waals surface area contributed by atoms with Gasteiger partial charge in [-0.3, -0.25) is 4.79 Å². The fourth-order valence-corrected chi connectivity index (χ4v) is 2.69. The number of nitrogens with zero attached hydrogens (tertiary/aromatic N) is 1. The van der Waals surface area contributed by atoms with Gasteiger partial charge in [0.2, 0.25) is 0 Å². The van der Waals surface area contributed by atoms with Crippen LogP contribution in [0.3, 0.4) is 0 Å². The second-order valence-corrected chi connectivity index (χ2v) is 5.66. The molecule has 1 aliphatic heterocycles. The quantitative estimate of drug-likeness (QED) is 0.708. The Balaban J connectivity index is 2.38. The van der Waals surface area contributed by atoms with Crippen molar-refractivity contribution in [1.82, 2.24) is 4.90 Å². The van der Waals surface area contributed by atoms with Gasteiger partial charge in [0.15, 0.2) is 0 Å². The van der Waals surface area contributed by atoms with E-state index < -0.39 is 0 Å². The van der Waals surface area contributed by atoms with Crippen molar-refractivity contribution in [3.8, 4) is 0 Å². The number of rotatable bonds is 4. The Bertz CT molecular complexity index is 240. The Morgan fingerprint density at radius 1 is 1.29 bits per heavy atom. The van der Waals surface area contributed by atoms with E-state index in [0.29, 0.717) is 0 Å². The van der Waals surface area contributed by atoms with Crippen LogP contribution in [-0.4, -0.2) is 37.6 Å². The molecule has 0 aromatic heterocycles. The van der Waals surface area contributed by atoms with E-state index in [-0.39, 0.29) is 11.9 Å². The van der Waals surface area contributed by atoms with Gasteiger partial charge in [0.05, 0.1) is 13.0 Å². The van der Waals surface area contributed by atoms with Crippen molar-refractivity contribution in [1.29, 1.82) is 0 Å². The summed E-state index contributed by atoms with van der Waals surface area (Å²) in [5, 5.41) is 0. The number of likely N-dealkylation sites (tertiary alicyclic amines) is 1. The van der Waals surface area contributed by atoms with Crippen molar-refractivity contribution in [2.45, 2.75) is 40.0 Å². The van der Waals surface area contributed by atoms with Crippen LogP contribution in [0, 0.1) is 17.8 Å². The summed E-state index contributed by atoms with van der Waals surface area (Å²) in [7, 11) is 1.47. The molecule has 0 bridgehead atoms.